The van der Waals surface area contributed by atoms with E-state index in [0.29, 0.717) is 18.4 Å². The molecule has 3 N–H and O–H groups in total. The van der Waals surface area contributed by atoms with E-state index in [-0.39, 0.29) is 5.69 Å². The minimum atomic E-state index is -1.12. The Balaban J connectivity index is 3.32. The van der Waals surface area contributed by atoms with Crippen LogP contribution in [0.2, 0.25) is 0 Å². The normalized spacial score (nSPS) is 14.4. The maximum absolute atomic E-state index is 13.3. The fourth-order valence-corrected chi connectivity index (χ4v) is 1.87. The van der Waals surface area contributed by atoms with E-state index in [0.717, 1.165) is 0 Å². The lowest BCUT2D eigenvalue weighted by Crippen LogP contribution is -2.33. The number of nitrogens with two attached hydrogens (primary N) is 1. The largest absolute Gasteiger partial charge is 0.481 e. The molecule has 0 aromatic heterocycles. The number of carbonyl (C=O) groups is 1. The van der Waals surface area contributed by atoms with Gasteiger partial charge in [0.05, 0.1) is 11.1 Å². The van der Waals surface area contributed by atoms with Gasteiger partial charge in [-0.2, -0.15) is 0 Å². The molecule has 1 unspecified atom stereocenters. The van der Waals surface area contributed by atoms with Crippen molar-refractivity contribution in [2.75, 3.05) is 5.73 Å². The highest BCUT2D eigenvalue weighted by atomic mass is 19.1. The molecule has 0 amide bonds. The van der Waals surface area contributed by atoms with Gasteiger partial charge in [0.15, 0.2) is 0 Å². The predicted octanol–water partition coefficient (Wildman–Crippen LogP) is 2.55. The van der Waals surface area contributed by atoms with Crippen LogP contribution in [0.5, 0.6) is 0 Å². The van der Waals surface area contributed by atoms with Gasteiger partial charge in [-0.1, -0.05) is 25.5 Å². The maximum Gasteiger partial charge on any atom is 0.313 e. The molecule has 3 nitrogen and oxygen atoms in total. The van der Waals surface area contributed by atoms with E-state index in [1.807, 2.05) is 6.92 Å². The summed E-state index contributed by atoms with van der Waals surface area (Å²) in [5.41, 5.74) is 4.75. The zero-order valence-electron chi connectivity index (χ0n) is 9.46. The van der Waals surface area contributed by atoms with Crippen LogP contribution in [0.4, 0.5) is 10.1 Å². The minimum Gasteiger partial charge on any atom is -0.481 e. The molecule has 88 valence electrons. The Kier molecular flexibility index (Phi) is 3.52. The molecular formula is C12H16FNO2. The number of hydrogen-bond acceptors (Lipinski definition) is 2. The number of aliphatic carboxylic acids is 1. The van der Waals surface area contributed by atoms with Gasteiger partial charge >= 0.3 is 5.97 Å². The van der Waals surface area contributed by atoms with Crippen LogP contribution in [0.15, 0.2) is 18.2 Å². The fraction of sp³-hybridized carbons (Fsp3) is 0.417. The number of nitrogen functional groups attached to an aromatic ring is 1. The van der Waals surface area contributed by atoms with E-state index in [1.54, 1.807) is 13.0 Å². The van der Waals surface area contributed by atoms with Crippen molar-refractivity contribution in [3.8, 4) is 0 Å². The van der Waals surface area contributed by atoms with Crippen molar-refractivity contribution in [2.45, 2.75) is 32.1 Å². The molecule has 0 saturated carbocycles. The van der Waals surface area contributed by atoms with Crippen molar-refractivity contribution >= 4 is 11.7 Å². The summed E-state index contributed by atoms with van der Waals surface area (Å²) in [5.74, 6) is -1.55. The minimum absolute atomic E-state index is 0.0687. The molecule has 0 aliphatic rings. The van der Waals surface area contributed by atoms with Crippen molar-refractivity contribution < 1.29 is 14.3 Å². The first-order valence-corrected chi connectivity index (χ1v) is 5.21. The lowest BCUT2D eigenvalue weighted by molar-refractivity contribution is -0.143. The molecule has 1 aromatic carbocycles. The average Bonchev–Trinajstić information content (AvgIpc) is 2.22. The number of benzene rings is 1. The number of halogens is 1. The third kappa shape index (κ3) is 2.01. The Bertz CT molecular complexity index is 406. The first kappa shape index (κ1) is 12.5. The molecule has 0 heterocycles. The standard InChI is InChI=1S/C12H16FNO2/c1-3-7-12(2,11(15)16)8-5-4-6-9(13)10(8)14/h4-6H,3,7,14H2,1-2H3,(H,15,16). The van der Waals surface area contributed by atoms with Gasteiger partial charge in [-0.25, -0.2) is 4.39 Å². The quantitative estimate of drug-likeness (QED) is 0.774. The van der Waals surface area contributed by atoms with Gasteiger partial charge in [0, 0.05) is 0 Å². The summed E-state index contributed by atoms with van der Waals surface area (Å²) in [6, 6.07) is 4.28. The van der Waals surface area contributed by atoms with Crippen LogP contribution >= 0.6 is 0 Å². The van der Waals surface area contributed by atoms with E-state index in [2.05, 4.69) is 0 Å². The van der Waals surface area contributed by atoms with Gasteiger partial charge in [-0.3, -0.25) is 4.79 Å². The summed E-state index contributed by atoms with van der Waals surface area (Å²) < 4.78 is 13.3. The van der Waals surface area contributed by atoms with Gasteiger partial charge < -0.3 is 10.8 Å². The van der Waals surface area contributed by atoms with Crippen LogP contribution in [-0.2, 0) is 10.2 Å². The van der Waals surface area contributed by atoms with Gasteiger partial charge in [0.1, 0.15) is 5.82 Å². The molecule has 0 spiro atoms. The second-order valence-electron chi connectivity index (χ2n) is 4.09. The highest BCUT2D eigenvalue weighted by Gasteiger charge is 2.36. The lowest BCUT2D eigenvalue weighted by Gasteiger charge is -2.26. The highest BCUT2D eigenvalue weighted by molar-refractivity contribution is 5.83. The van der Waals surface area contributed by atoms with E-state index in [1.165, 1.54) is 12.1 Å². The van der Waals surface area contributed by atoms with Crippen molar-refractivity contribution in [3.05, 3.63) is 29.6 Å². The van der Waals surface area contributed by atoms with Gasteiger partial charge in [-0.15, -0.1) is 0 Å². The molecule has 0 aliphatic carbocycles. The maximum atomic E-state index is 13.3. The summed E-state index contributed by atoms with van der Waals surface area (Å²) in [7, 11) is 0. The number of para-hydroxylation sites is 1. The monoisotopic (exact) mass is 225 g/mol. The third-order valence-corrected chi connectivity index (χ3v) is 2.87. The van der Waals surface area contributed by atoms with Crippen molar-refractivity contribution in [2.24, 2.45) is 0 Å². The van der Waals surface area contributed by atoms with Crippen LogP contribution in [0.3, 0.4) is 0 Å². The molecule has 0 bridgehead atoms. The SMILES string of the molecule is CCCC(C)(C(=O)O)c1cccc(F)c1N. The Morgan fingerprint density at radius 2 is 2.19 bits per heavy atom. The first-order chi connectivity index (χ1) is 7.43. The van der Waals surface area contributed by atoms with E-state index in [4.69, 9.17) is 5.73 Å². The van der Waals surface area contributed by atoms with E-state index in [9.17, 15) is 14.3 Å². The van der Waals surface area contributed by atoms with Gasteiger partial charge in [-0.05, 0) is 25.0 Å². The second-order valence-corrected chi connectivity index (χ2v) is 4.09. The first-order valence-electron chi connectivity index (χ1n) is 5.21. The number of hydrogen-bond donors (Lipinski definition) is 2. The topological polar surface area (TPSA) is 63.3 Å². The number of rotatable bonds is 4. The van der Waals surface area contributed by atoms with Crippen molar-refractivity contribution in [3.63, 3.8) is 0 Å². The summed E-state index contributed by atoms with van der Waals surface area (Å²) in [6.07, 6.45) is 1.12. The van der Waals surface area contributed by atoms with E-state index < -0.39 is 17.2 Å². The van der Waals surface area contributed by atoms with Crippen LogP contribution in [-0.4, -0.2) is 11.1 Å². The molecule has 0 saturated heterocycles. The van der Waals surface area contributed by atoms with Gasteiger partial charge in [0.2, 0.25) is 0 Å². The molecule has 0 fully saturated rings. The Morgan fingerprint density at radius 3 is 2.69 bits per heavy atom. The smallest absolute Gasteiger partial charge is 0.313 e. The van der Waals surface area contributed by atoms with Gasteiger partial charge in [0.25, 0.3) is 0 Å². The summed E-state index contributed by atoms with van der Waals surface area (Å²) in [5, 5.41) is 9.25. The summed E-state index contributed by atoms with van der Waals surface area (Å²) >= 11 is 0. The Labute approximate surface area is 94.1 Å². The zero-order chi connectivity index (χ0) is 12.3. The van der Waals surface area contributed by atoms with Crippen LogP contribution < -0.4 is 5.73 Å². The molecule has 4 heteroatoms. The molecule has 1 rings (SSSR count). The Morgan fingerprint density at radius 1 is 1.56 bits per heavy atom. The second kappa shape index (κ2) is 4.51. The zero-order valence-corrected chi connectivity index (χ0v) is 9.46. The molecule has 0 radical (unpaired) electrons. The molecule has 1 aromatic rings. The molecule has 16 heavy (non-hydrogen) atoms. The Hall–Kier alpha value is -1.58. The van der Waals surface area contributed by atoms with Crippen LogP contribution in [0.1, 0.15) is 32.3 Å². The average molecular weight is 225 g/mol. The number of carboxylic acid groups (broad SMARTS) is 1. The van der Waals surface area contributed by atoms with Crippen LogP contribution in [0.25, 0.3) is 0 Å². The number of anilines is 1. The molecular weight excluding hydrogens is 209 g/mol. The summed E-state index contributed by atoms with van der Waals surface area (Å²) in [4.78, 5) is 11.3. The molecule has 1 atom stereocenters. The predicted molar refractivity (Wildman–Crippen MR) is 60.7 cm³/mol. The number of carboxylic acids is 1. The lowest BCUT2D eigenvalue weighted by atomic mass is 9.78. The van der Waals surface area contributed by atoms with E-state index >= 15 is 0 Å². The van der Waals surface area contributed by atoms with Crippen LogP contribution in [0, 0.1) is 5.82 Å². The third-order valence-electron chi connectivity index (χ3n) is 2.87. The summed E-state index contributed by atoms with van der Waals surface area (Å²) in [6.45, 7) is 3.46. The van der Waals surface area contributed by atoms with Crippen molar-refractivity contribution in [1.29, 1.82) is 0 Å². The fourth-order valence-electron chi connectivity index (χ4n) is 1.87. The molecule has 0 aliphatic heterocycles. The van der Waals surface area contributed by atoms with Crippen molar-refractivity contribution in [1.82, 2.24) is 0 Å². The highest BCUT2D eigenvalue weighted by Crippen LogP contribution is 2.34.